The summed E-state index contributed by atoms with van der Waals surface area (Å²) >= 11 is 11.0. The zero-order chi connectivity index (χ0) is 25.8. The van der Waals surface area contributed by atoms with Crippen LogP contribution in [0.2, 0.25) is 0 Å². The van der Waals surface area contributed by atoms with Crippen LogP contribution in [0.1, 0.15) is 25.3 Å². The number of rotatable bonds is 8. The molecule has 1 N–H and O–H groups in total. The van der Waals surface area contributed by atoms with E-state index < -0.39 is 44.9 Å². The molecule has 0 aromatic heterocycles. The number of ether oxygens (including phenoxy) is 2. The van der Waals surface area contributed by atoms with Gasteiger partial charge in [0.25, 0.3) is 0 Å². The predicted molar refractivity (Wildman–Crippen MR) is 128 cm³/mol. The minimum absolute atomic E-state index is 0.456. The van der Waals surface area contributed by atoms with Gasteiger partial charge in [0, 0.05) is 12.0 Å². The van der Waals surface area contributed by atoms with E-state index in [0.717, 1.165) is 6.08 Å². The SMILES string of the molecule is CC1(C)[C@H](C=CC(=O)OC(C#N)=C(Cl)Cl)[C@@]1(C(=O)O)C(C#N)c1cccc(Oc2ccccc2)c1. The summed E-state index contributed by atoms with van der Waals surface area (Å²) in [5.41, 5.74) is -1.94. The number of carboxylic acid groups (broad SMARTS) is 1. The lowest BCUT2D eigenvalue weighted by molar-refractivity contribution is -0.145. The van der Waals surface area contributed by atoms with Crippen LogP contribution < -0.4 is 4.74 Å². The Bertz CT molecular complexity index is 1290. The molecule has 0 amide bonds. The first-order chi connectivity index (χ1) is 16.6. The molecule has 178 valence electrons. The summed E-state index contributed by atoms with van der Waals surface area (Å²) in [6.07, 6.45) is 2.39. The van der Waals surface area contributed by atoms with E-state index in [1.165, 1.54) is 6.08 Å². The fourth-order valence-electron chi connectivity index (χ4n) is 4.55. The highest BCUT2D eigenvalue weighted by Gasteiger charge is 2.78. The van der Waals surface area contributed by atoms with Crippen LogP contribution >= 0.6 is 23.2 Å². The lowest BCUT2D eigenvalue weighted by atomic mass is 9.78. The third kappa shape index (κ3) is 4.88. The molecule has 0 saturated heterocycles. The molecule has 9 heteroatoms. The number of benzene rings is 2. The number of carbonyl (C=O) groups is 2. The molecule has 2 aromatic carbocycles. The van der Waals surface area contributed by atoms with Crippen LogP contribution in [0.25, 0.3) is 0 Å². The Morgan fingerprint density at radius 2 is 1.74 bits per heavy atom. The quantitative estimate of drug-likeness (QED) is 0.197. The lowest BCUT2D eigenvalue weighted by Crippen LogP contribution is -2.28. The Morgan fingerprint density at radius 3 is 2.31 bits per heavy atom. The number of nitriles is 2. The number of allylic oxidation sites excluding steroid dienone is 2. The van der Waals surface area contributed by atoms with Crippen molar-refractivity contribution in [2.75, 3.05) is 0 Å². The highest BCUT2D eigenvalue weighted by molar-refractivity contribution is 6.56. The summed E-state index contributed by atoms with van der Waals surface area (Å²) in [5, 5.41) is 29.3. The average Bonchev–Trinajstić information content (AvgIpc) is 3.32. The van der Waals surface area contributed by atoms with Crippen LogP contribution in [0, 0.1) is 39.4 Å². The number of aliphatic carboxylic acids is 1. The number of hydrogen-bond donors (Lipinski definition) is 1. The normalized spacial score (nSPS) is 20.7. The van der Waals surface area contributed by atoms with E-state index in [1.807, 2.05) is 18.2 Å². The van der Waals surface area contributed by atoms with Gasteiger partial charge in [-0.05, 0) is 35.2 Å². The van der Waals surface area contributed by atoms with E-state index in [4.69, 9.17) is 37.9 Å². The van der Waals surface area contributed by atoms with Crippen molar-refractivity contribution in [3.05, 3.63) is 82.6 Å². The van der Waals surface area contributed by atoms with E-state index in [9.17, 15) is 20.0 Å². The zero-order valence-corrected chi connectivity index (χ0v) is 20.2. The molecule has 0 aliphatic heterocycles. The summed E-state index contributed by atoms with van der Waals surface area (Å²) in [7, 11) is 0. The number of esters is 1. The molecule has 1 saturated carbocycles. The molecular formula is C26H20Cl2N2O5. The second-order valence-electron chi connectivity index (χ2n) is 8.40. The molecule has 3 rings (SSSR count). The maximum atomic E-state index is 12.6. The molecule has 0 bridgehead atoms. The lowest BCUT2D eigenvalue weighted by Gasteiger charge is -2.22. The molecular weight excluding hydrogens is 491 g/mol. The van der Waals surface area contributed by atoms with Crippen molar-refractivity contribution in [1.29, 1.82) is 10.5 Å². The van der Waals surface area contributed by atoms with Crippen molar-refractivity contribution in [2.24, 2.45) is 16.7 Å². The van der Waals surface area contributed by atoms with E-state index in [2.05, 4.69) is 6.07 Å². The number of hydrogen-bond acceptors (Lipinski definition) is 6. The summed E-state index contributed by atoms with van der Waals surface area (Å²) in [6.45, 7) is 3.43. The molecule has 1 aliphatic carbocycles. The second-order valence-corrected chi connectivity index (χ2v) is 9.35. The van der Waals surface area contributed by atoms with Crippen LogP contribution in [-0.2, 0) is 14.3 Å². The van der Waals surface area contributed by atoms with Gasteiger partial charge in [0.05, 0.1) is 12.0 Å². The molecule has 0 spiro atoms. The Kier molecular flexibility index (Phi) is 7.55. The minimum Gasteiger partial charge on any atom is -0.481 e. The van der Waals surface area contributed by atoms with Crippen LogP contribution in [-0.4, -0.2) is 17.0 Å². The molecule has 1 aliphatic rings. The number of carbonyl (C=O) groups excluding carboxylic acids is 1. The van der Waals surface area contributed by atoms with E-state index in [-0.39, 0.29) is 0 Å². The van der Waals surface area contributed by atoms with Crippen LogP contribution in [0.15, 0.2) is 77.0 Å². The first-order valence-electron chi connectivity index (χ1n) is 10.4. The van der Waals surface area contributed by atoms with Crippen molar-refractivity contribution < 1.29 is 24.2 Å². The smallest absolute Gasteiger partial charge is 0.336 e. The van der Waals surface area contributed by atoms with Crippen molar-refractivity contribution >= 4 is 35.1 Å². The highest BCUT2D eigenvalue weighted by Crippen LogP contribution is 2.75. The Morgan fingerprint density at radius 1 is 1.09 bits per heavy atom. The van der Waals surface area contributed by atoms with Gasteiger partial charge in [-0.15, -0.1) is 0 Å². The van der Waals surface area contributed by atoms with Crippen LogP contribution in [0.4, 0.5) is 0 Å². The second kappa shape index (κ2) is 10.2. The summed E-state index contributed by atoms with van der Waals surface area (Å²) in [4.78, 5) is 24.7. The van der Waals surface area contributed by atoms with E-state index >= 15 is 0 Å². The predicted octanol–water partition coefficient (Wildman–Crippen LogP) is 6.08. The molecule has 1 fully saturated rings. The average molecular weight is 511 g/mol. The third-order valence-corrected chi connectivity index (χ3v) is 6.60. The number of halogens is 2. The third-order valence-electron chi connectivity index (χ3n) is 6.26. The number of nitrogens with zero attached hydrogens (tertiary/aromatic N) is 2. The van der Waals surface area contributed by atoms with Gasteiger partial charge < -0.3 is 14.6 Å². The highest BCUT2D eigenvalue weighted by atomic mass is 35.5. The number of para-hydroxylation sites is 1. The van der Waals surface area contributed by atoms with E-state index in [1.54, 1.807) is 56.3 Å². The van der Waals surface area contributed by atoms with E-state index in [0.29, 0.717) is 17.1 Å². The van der Waals surface area contributed by atoms with Crippen LogP contribution in [0.5, 0.6) is 11.5 Å². The minimum atomic E-state index is -1.53. The monoisotopic (exact) mass is 510 g/mol. The fraction of sp³-hybridized carbons (Fsp3) is 0.231. The molecule has 3 atom stereocenters. The largest absolute Gasteiger partial charge is 0.481 e. The van der Waals surface area contributed by atoms with Gasteiger partial charge in [-0.2, -0.15) is 10.5 Å². The zero-order valence-electron chi connectivity index (χ0n) is 18.7. The molecule has 35 heavy (non-hydrogen) atoms. The van der Waals surface area contributed by atoms with Crippen molar-refractivity contribution in [1.82, 2.24) is 0 Å². The van der Waals surface area contributed by atoms with Gasteiger partial charge in [-0.1, -0.05) is 73.5 Å². The Balaban J connectivity index is 1.92. The molecule has 1 unspecified atom stereocenters. The van der Waals surface area contributed by atoms with Gasteiger partial charge in [0.1, 0.15) is 23.0 Å². The van der Waals surface area contributed by atoms with Gasteiger partial charge in [-0.25, -0.2) is 4.79 Å². The van der Waals surface area contributed by atoms with Gasteiger partial charge in [0.15, 0.2) is 4.49 Å². The fourth-order valence-corrected chi connectivity index (χ4v) is 4.71. The van der Waals surface area contributed by atoms with Gasteiger partial charge >= 0.3 is 11.9 Å². The van der Waals surface area contributed by atoms with Gasteiger partial charge in [-0.3, -0.25) is 4.79 Å². The van der Waals surface area contributed by atoms with Crippen LogP contribution in [0.3, 0.4) is 0 Å². The van der Waals surface area contributed by atoms with Crippen molar-refractivity contribution in [3.63, 3.8) is 0 Å². The summed E-state index contributed by atoms with van der Waals surface area (Å²) < 4.78 is 10.1. The van der Waals surface area contributed by atoms with Crippen molar-refractivity contribution in [2.45, 2.75) is 19.8 Å². The Hall–Kier alpha value is -3.78. The first kappa shape index (κ1) is 25.8. The standard InChI is InChI=1S/C26H20Cl2N2O5/c1-25(2)21(11-12-22(31)35-20(15-30)23(27)28)26(25,24(32)33)19(14-29)16-7-6-10-18(13-16)34-17-8-4-3-5-9-17/h3-13,19,21H,1-2H3,(H,32,33)/t19?,21-,26+/m0/s1. The Labute approximate surface area is 212 Å². The summed E-state index contributed by atoms with van der Waals surface area (Å²) in [6, 6.07) is 19.5. The van der Waals surface area contributed by atoms with Gasteiger partial charge in [0.2, 0.25) is 5.76 Å². The molecule has 0 heterocycles. The maximum Gasteiger partial charge on any atom is 0.336 e. The van der Waals surface area contributed by atoms with Crippen molar-refractivity contribution in [3.8, 4) is 23.6 Å². The number of carboxylic acids is 1. The maximum absolute atomic E-state index is 12.6. The summed E-state index contributed by atoms with van der Waals surface area (Å²) in [5.74, 6) is -3.39. The first-order valence-corrected chi connectivity index (χ1v) is 11.2. The molecule has 7 nitrogen and oxygen atoms in total. The topological polar surface area (TPSA) is 120 Å². The molecule has 2 aromatic rings. The molecule has 0 radical (unpaired) electrons.